The van der Waals surface area contributed by atoms with Crippen LogP contribution in [0.15, 0.2) is 12.3 Å². The second kappa shape index (κ2) is 6.20. The zero-order valence-electron chi connectivity index (χ0n) is 10.1. The number of halogens is 1. The molecule has 0 aliphatic heterocycles. The van der Waals surface area contributed by atoms with E-state index in [1.54, 1.807) is 14.1 Å². The molecule has 1 heterocycles. The number of nitrogens with zero attached hydrogens (tertiary/aromatic N) is 2. The number of hydrogen-bond donors (Lipinski definition) is 2. The van der Waals surface area contributed by atoms with Gasteiger partial charge in [-0.15, -0.1) is 0 Å². The van der Waals surface area contributed by atoms with E-state index in [1.807, 2.05) is 0 Å². The predicted octanol–water partition coefficient (Wildman–Crippen LogP) is 1.32. The molecule has 0 saturated heterocycles. The van der Waals surface area contributed by atoms with E-state index in [4.69, 9.17) is 16.7 Å². The molecule has 1 aromatic rings. The number of carbonyl (C=O) groups is 2. The molecule has 98 valence electrons. The number of carboxylic acid groups (broad SMARTS) is 1. The molecule has 7 heteroatoms. The molecule has 18 heavy (non-hydrogen) atoms. The number of carboxylic acids is 1. The first-order chi connectivity index (χ1) is 8.41. The maximum absolute atomic E-state index is 11.3. The molecule has 0 bridgehead atoms. The van der Waals surface area contributed by atoms with Gasteiger partial charge in [0, 0.05) is 33.3 Å². The van der Waals surface area contributed by atoms with Gasteiger partial charge in [-0.3, -0.25) is 4.79 Å². The third-order valence-corrected chi connectivity index (χ3v) is 2.53. The van der Waals surface area contributed by atoms with Crippen LogP contribution in [0.2, 0.25) is 5.02 Å². The molecule has 0 radical (unpaired) electrons. The van der Waals surface area contributed by atoms with Crippen molar-refractivity contribution in [3.8, 4) is 0 Å². The van der Waals surface area contributed by atoms with Crippen molar-refractivity contribution < 1.29 is 14.7 Å². The Labute approximate surface area is 110 Å². The fourth-order valence-corrected chi connectivity index (χ4v) is 1.40. The van der Waals surface area contributed by atoms with Crippen molar-refractivity contribution >= 4 is 29.3 Å². The molecule has 0 aromatic carbocycles. The largest absolute Gasteiger partial charge is 0.478 e. The summed E-state index contributed by atoms with van der Waals surface area (Å²) in [7, 11) is 3.34. The van der Waals surface area contributed by atoms with Crippen LogP contribution in [0.4, 0.5) is 5.82 Å². The van der Waals surface area contributed by atoms with Gasteiger partial charge in [0.25, 0.3) is 0 Å². The van der Waals surface area contributed by atoms with Gasteiger partial charge in [-0.05, 0) is 6.07 Å². The van der Waals surface area contributed by atoms with Crippen LogP contribution in [0.5, 0.6) is 0 Å². The molecule has 0 aliphatic carbocycles. The summed E-state index contributed by atoms with van der Waals surface area (Å²) in [6, 6.07) is 1.34. The predicted molar refractivity (Wildman–Crippen MR) is 68.0 cm³/mol. The average Bonchev–Trinajstić information content (AvgIpc) is 2.30. The van der Waals surface area contributed by atoms with Gasteiger partial charge >= 0.3 is 5.97 Å². The quantitative estimate of drug-likeness (QED) is 0.844. The third-order valence-electron chi connectivity index (χ3n) is 2.23. The smallest absolute Gasteiger partial charge is 0.337 e. The number of amides is 1. The normalized spacial score (nSPS) is 9.94. The van der Waals surface area contributed by atoms with Crippen LogP contribution in [-0.2, 0) is 4.79 Å². The Hall–Kier alpha value is -1.82. The van der Waals surface area contributed by atoms with Gasteiger partial charge in [-0.2, -0.15) is 0 Å². The molecular weight excluding hydrogens is 258 g/mol. The standard InChI is InChI=1S/C11H14ClN3O3/c1-15(2)10(16)3-4-13-9-5-7(11(17)18)8(12)6-14-9/h5-6H,3-4H2,1-2H3,(H,13,14)(H,17,18). The first-order valence-corrected chi connectivity index (χ1v) is 5.62. The summed E-state index contributed by atoms with van der Waals surface area (Å²) in [6.45, 7) is 0.380. The summed E-state index contributed by atoms with van der Waals surface area (Å²) in [6.07, 6.45) is 1.57. The summed E-state index contributed by atoms with van der Waals surface area (Å²) >= 11 is 5.69. The number of aromatic carboxylic acids is 1. The zero-order valence-corrected chi connectivity index (χ0v) is 10.9. The van der Waals surface area contributed by atoms with E-state index in [0.29, 0.717) is 18.8 Å². The van der Waals surface area contributed by atoms with Crippen molar-refractivity contribution in [1.82, 2.24) is 9.88 Å². The van der Waals surface area contributed by atoms with Gasteiger partial charge in [0.15, 0.2) is 0 Å². The van der Waals surface area contributed by atoms with Gasteiger partial charge in [-0.1, -0.05) is 11.6 Å². The summed E-state index contributed by atoms with van der Waals surface area (Å²) in [5, 5.41) is 11.8. The van der Waals surface area contributed by atoms with Gasteiger partial charge in [0.2, 0.25) is 5.91 Å². The van der Waals surface area contributed by atoms with Crippen LogP contribution in [0.1, 0.15) is 16.8 Å². The Morgan fingerprint density at radius 2 is 2.17 bits per heavy atom. The van der Waals surface area contributed by atoms with Gasteiger partial charge in [0.05, 0.1) is 10.6 Å². The highest BCUT2D eigenvalue weighted by molar-refractivity contribution is 6.33. The lowest BCUT2D eigenvalue weighted by molar-refractivity contribution is -0.128. The molecule has 0 fully saturated rings. The Kier molecular flexibility index (Phi) is 4.91. The van der Waals surface area contributed by atoms with E-state index in [2.05, 4.69) is 10.3 Å². The number of aromatic nitrogens is 1. The zero-order chi connectivity index (χ0) is 13.7. The number of carbonyl (C=O) groups excluding carboxylic acids is 1. The van der Waals surface area contributed by atoms with Crippen LogP contribution in [0, 0.1) is 0 Å². The fraction of sp³-hybridized carbons (Fsp3) is 0.364. The Balaban J connectivity index is 2.61. The Morgan fingerprint density at radius 3 is 2.72 bits per heavy atom. The molecule has 1 amide bonds. The molecule has 1 rings (SSSR count). The van der Waals surface area contributed by atoms with Gasteiger partial charge < -0.3 is 15.3 Å². The summed E-state index contributed by atoms with van der Waals surface area (Å²) in [5.41, 5.74) is -0.0203. The van der Waals surface area contributed by atoms with E-state index in [-0.39, 0.29) is 16.5 Å². The molecule has 0 aliphatic rings. The molecule has 2 N–H and O–H groups in total. The van der Waals surface area contributed by atoms with E-state index in [0.717, 1.165) is 0 Å². The van der Waals surface area contributed by atoms with Crippen LogP contribution >= 0.6 is 11.6 Å². The second-order valence-electron chi connectivity index (χ2n) is 3.82. The van der Waals surface area contributed by atoms with Crippen LogP contribution < -0.4 is 5.32 Å². The highest BCUT2D eigenvalue weighted by atomic mass is 35.5. The molecule has 1 aromatic heterocycles. The van der Waals surface area contributed by atoms with Crippen molar-refractivity contribution in [3.05, 3.63) is 22.8 Å². The monoisotopic (exact) mass is 271 g/mol. The Bertz CT molecular complexity index is 463. The average molecular weight is 272 g/mol. The maximum Gasteiger partial charge on any atom is 0.337 e. The fourth-order valence-electron chi connectivity index (χ4n) is 1.22. The molecule has 0 atom stereocenters. The minimum Gasteiger partial charge on any atom is -0.478 e. The number of rotatable bonds is 5. The maximum atomic E-state index is 11.3. The van der Waals surface area contributed by atoms with Crippen molar-refractivity contribution in [3.63, 3.8) is 0 Å². The minimum atomic E-state index is -1.12. The summed E-state index contributed by atoms with van der Waals surface area (Å²) < 4.78 is 0. The van der Waals surface area contributed by atoms with Crippen molar-refractivity contribution in [2.45, 2.75) is 6.42 Å². The van der Waals surface area contributed by atoms with Crippen molar-refractivity contribution in [1.29, 1.82) is 0 Å². The summed E-state index contributed by atoms with van der Waals surface area (Å²) in [5.74, 6) is -0.756. The number of pyridine rings is 1. The van der Waals surface area contributed by atoms with E-state index >= 15 is 0 Å². The SMILES string of the molecule is CN(C)C(=O)CCNc1cc(C(=O)O)c(Cl)cn1. The lowest BCUT2D eigenvalue weighted by atomic mass is 10.2. The third kappa shape index (κ3) is 3.89. The van der Waals surface area contributed by atoms with Crippen LogP contribution in [-0.4, -0.2) is 47.5 Å². The van der Waals surface area contributed by atoms with Crippen LogP contribution in [0.25, 0.3) is 0 Å². The Morgan fingerprint density at radius 1 is 1.50 bits per heavy atom. The van der Waals surface area contributed by atoms with E-state index in [1.165, 1.54) is 17.2 Å². The molecule has 0 saturated carbocycles. The van der Waals surface area contributed by atoms with Crippen LogP contribution in [0.3, 0.4) is 0 Å². The number of hydrogen-bond acceptors (Lipinski definition) is 4. The van der Waals surface area contributed by atoms with Gasteiger partial charge in [-0.25, -0.2) is 9.78 Å². The first-order valence-electron chi connectivity index (χ1n) is 5.24. The summed E-state index contributed by atoms with van der Waals surface area (Å²) in [4.78, 5) is 27.6. The van der Waals surface area contributed by atoms with Gasteiger partial charge in [0.1, 0.15) is 5.82 Å². The molecule has 0 spiro atoms. The topological polar surface area (TPSA) is 82.5 Å². The molecular formula is C11H14ClN3O3. The lowest BCUT2D eigenvalue weighted by Gasteiger charge is -2.11. The lowest BCUT2D eigenvalue weighted by Crippen LogP contribution is -2.24. The minimum absolute atomic E-state index is 0.0186. The van der Waals surface area contributed by atoms with Crippen molar-refractivity contribution in [2.24, 2.45) is 0 Å². The molecule has 0 unspecified atom stereocenters. The first kappa shape index (κ1) is 14.2. The van der Waals surface area contributed by atoms with E-state index in [9.17, 15) is 9.59 Å². The van der Waals surface area contributed by atoms with Crippen molar-refractivity contribution in [2.75, 3.05) is 26.0 Å². The second-order valence-corrected chi connectivity index (χ2v) is 4.23. The molecule has 6 nitrogen and oxygen atoms in total. The van der Waals surface area contributed by atoms with E-state index < -0.39 is 5.97 Å². The number of nitrogens with one attached hydrogen (secondary N) is 1. The number of anilines is 1. The highest BCUT2D eigenvalue weighted by Gasteiger charge is 2.10. The highest BCUT2D eigenvalue weighted by Crippen LogP contribution is 2.17.